The Balaban J connectivity index is 2.19. The molecule has 1 atom stereocenters. The second kappa shape index (κ2) is 4.60. The van der Waals surface area contributed by atoms with Crippen molar-refractivity contribution < 1.29 is 19.5 Å². The molecule has 0 aromatic heterocycles. The van der Waals surface area contributed by atoms with Gasteiger partial charge in [0.1, 0.15) is 0 Å². The molecule has 1 saturated heterocycles. The van der Waals surface area contributed by atoms with E-state index in [0.717, 1.165) is 0 Å². The molecule has 0 aliphatic carbocycles. The molecule has 1 aromatic carbocycles. The van der Waals surface area contributed by atoms with Gasteiger partial charge in [0, 0.05) is 24.2 Å². The first kappa shape index (κ1) is 12.3. The van der Waals surface area contributed by atoms with Crippen LogP contribution < -0.4 is 4.90 Å². The van der Waals surface area contributed by atoms with Crippen molar-refractivity contribution in [3.63, 3.8) is 0 Å². The highest BCUT2D eigenvalue weighted by atomic mass is 16.4. The predicted octanol–water partition coefficient (Wildman–Crippen LogP) is 1.33. The molecule has 94 valence electrons. The number of carboxylic acids is 1. The lowest BCUT2D eigenvalue weighted by atomic mass is 10.1. The summed E-state index contributed by atoms with van der Waals surface area (Å²) in [5.74, 6) is -1.84. The Morgan fingerprint density at radius 1 is 1.28 bits per heavy atom. The molecule has 18 heavy (non-hydrogen) atoms. The van der Waals surface area contributed by atoms with Crippen LogP contribution in [0.5, 0.6) is 0 Å². The lowest BCUT2D eigenvalue weighted by Crippen LogP contribution is -2.25. The third-order valence-electron chi connectivity index (χ3n) is 3.06. The normalized spacial score (nSPS) is 19.1. The first-order chi connectivity index (χ1) is 8.49. The molecule has 5 nitrogen and oxygen atoms in total. The highest BCUT2D eigenvalue weighted by Gasteiger charge is 2.34. The average Bonchev–Trinajstić information content (AvgIpc) is 2.71. The number of carbonyl (C=O) groups is 3. The maximum atomic E-state index is 11.7. The number of hydrogen-bond acceptors (Lipinski definition) is 3. The van der Waals surface area contributed by atoms with Gasteiger partial charge in [0.05, 0.1) is 5.92 Å². The summed E-state index contributed by atoms with van der Waals surface area (Å²) < 4.78 is 0. The van der Waals surface area contributed by atoms with Crippen LogP contribution in [0.4, 0.5) is 5.69 Å². The summed E-state index contributed by atoms with van der Waals surface area (Å²) in [6.45, 7) is 1.66. The molecule has 1 N–H and O–H groups in total. The average molecular weight is 247 g/mol. The number of hydrogen-bond donors (Lipinski definition) is 1. The SMILES string of the molecule is CC(=O)c1ccc(N2C[C@H](C(=O)O)CC2=O)cc1. The number of amides is 1. The topological polar surface area (TPSA) is 74.7 Å². The standard InChI is InChI=1S/C13H13NO4/c1-8(15)9-2-4-11(5-3-9)14-7-10(13(17)18)6-12(14)16/h2-5,10H,6-7H2,1H3,(H,17,18)/t10-/m1/s1. The largest absolute Gasteiger partial charge is 0.481 e. The molecular weight excluding hydrogens is 234 g/mol. The number of rotatable bonds is 3. The van der Waals surface area contributed by atoms with Crippen molar-refractivity contribution in [1.29, 1.82) is 0 Å². The van der Waals surface area contributed by atoms with Gasteiger partial charge in [0.15, 0.2) is 5.78 Å². The van der Waals surface area contributed by atoms with Crippen molar-refractivity contribution in [2.75, 3.05) is 11.4 Å². The van der Waals surface area contributed by atoms with Crippen LogP contribution in [-0.4, -0.2) is 29.3 Å². The molecule has 1 fully saturated rings. The fourth-order valence-corrected chi connectivity index (χ4v) is 2.00. The number of benzene rings is 1. The molecule has 1 amide bonds. The lowest BCUT2D eigenvalue weighted by molar-refractivity contribution is -0.141. The Kier molecular flexibility index (Phi) is 3.14. The summed E-state index contributed by atoms with van der Waals surface area (Å²) in [7, 11) is 0. The van der Waals surface area contributed by atoms with Gasteiger partial charge in [0.25, 0.3) is 0 Å². The van der Waals surface area contributed by atoms with Gasteiger partial charge in [-0.3, -0.25) is 14.4 Å². The minimum absolute atomic E-state index is 0.0315. The number of ketones is 1. The zero-order valence-corrected chi connectivity index (χ0v) is 9.92. The molecule has 2 rings (SSSR count). The smallest absolute Gasteiger partial charge is 0.308 e. The van der Waals surface area contributed by atoms with E-state index >= 15 is 0 Å². The van der Waals surface area contributed by atoms with Crippen molar-refractivity contribution in [3.05, 3.63) is 29.8 Å². The maximum absolute atomic E-state index is 11.7. The maximum Gasteiger partial charge on any atom is 0.308 e. The van der Waals surface area contributed by atoms with Crippen LogP contribution >= 0.6 is 0 Å². The number of nitrogens with zero attached hydrogens (tertiary/aromatic N) is 1. The van der Waals surface area contributed by atoms with Gasteiger partial charge in [-0.15, -0.1) is 0 Å². The fourth-order valence-electron chi connectivity index (χ4n) is 2.00. The third-order valence-corrected chi connectivity index (χ3v) is 3.06. The van der Waals surface area contributed by atoms with Crippen LogP contribution in [0.3, 0.4) is 0 Å². The van der Waals surface area contributed by atoms with E-state index < -0.39 is 11.9 Å². The van der Waals surface area contributed by atoms with Gasteiger partial charge in [-0.1, -0.05) is 0 Å². The molecule has 0 spiro atoms. The molecule has 0 saturated carbocycles. The molecular formula is C13H13NO4. The second-order valence-electron chi connectivity index (χ2n) is 4.35. The van der Waals surface area contributed by atoms with E-state index in [9.17, 15) is 14.4 Å². The Morgan fingerprint density at radius 2 is 1.89 bits per heavy atom. The van der Waals surface area contributed by atoms with Crippen LogP contribution in [0.25, 0.3) is 0 Å². The summed E-state index contributed by atoms with van der Waals surface area (Å²) in [5.41, 5.74) is 1.20. The molecule has 1 heterocycles. The number of carbonyl (C=O) groups excluding carboxylic acids is 2. The van der Waals surface area contributed by atoms with E-state index in [4.69, 9.17) is 5.11 Å². The Labute approximate surface area is 104 Å². The van der Waals surface area contributed by atoms with Crippen LogP contribution in [0.1, 0.15) is 23.7 Å². The van der Waals surface area contributed by atoms with E-state index in [1.165, 1.54) is 11.8 Å². The van der Waals surface area contributed by atoms with Crippen molar-refractivity contribution in [2.45, 2.75) is 13.3 Å². The first-order valence-corrected chi connectivity index (χ1v) is 5.63. The lowest BCUT2D eigenvalue weighted by Gasteiger charge is -2.16. The summed E-state index contributed by atoms with van der Waals surface area (Å²) in [4.78, 5) is 35.1. The fraction of sp³-hybridized carbons (Fsp3) is 0.308. The molecule has 1 aromatic rings. The van der Waals surface area contributed by atoms with Gasteiger partial charge in [0.2, 0.25) is 5.91 Å². The number of anilines is 1. The molecule has 0 radical (unpaired) electrons. The molecule has 1 aliphatic rings. The van der Waals surface area contributed by atoms with Crippen LogP contribution in [0.15, 0.2) is 24.3 Å². The monoisotopic (exact) mass is 247 g/mol. The van der Waals surface area contributed by atoms with E-state index in [-0.39, 0.29) is 24.7 Å². The minimum atomic E-state index is -0.953. The zero-order chi connectivity index (χ0) is 13.3. The van der Waals surface area contributed by atoms with Crippen LogP contribution in [0.2, 0.25) is 0 Å². The van der Waals surface area contributed by atoms with Crippen molar-refractivity contribution in [3.8, 4) is 0 Å². The quantitative estimate of drug-likeness (QED) is 0.817. The molecule has 0 bridgehead atoms. The van der Waals surface area contributed by atoms with Gasteiger partial charge in [-0.25, -0.2) is 0 Å². The highest BCUT2D eigenvalue weighted by molar-refractivity contribution is 6.00. The van der Waals surface area contributed by atoms with E-state index in [1.807, 2.05) is 0 Å². The van der Waals surface area contributed by atoms with Crippen LogP contribution in [-0.2, 0) is 9.59 Å². The Hall–Kier alpha value is -2.17. The van der Waals surface area contributed by atoms with Crippen molar-refractivity contribution in [2.24, 2.45) is 5.92 Å². The number of Topliss-reactive ketones (excluding diaryl/α,β-unsaturated/α-hetero) is 1. The first-order valence-electron chi connectivity index (χ1n) is 5.63. The van der Waals surface area contributed by atoms with Gasteiger partial charge >= 0.3 is 5.97 Å². The summed E-state index contributed by atoms with van der Waals surface area (Å²) in [6, 6.07) is 6.61. The van der Waals surface area contributed by atoms with E-state index in [2.05, 4.69) is 0 Å². The van der Waals surface area contributed by atoms with E-state index in [0.29, 0.717) is 11.3 Å². The molecule has 0 unspecified atom stereocenters. The summed E-state index contributed by atoms with van der Waals surface area (Å²) >= 11 is 0. The van der Waals surface area contributed by atoms with Crippen molar-refractivity contribution in [1.82, 2.24) is 0 Å². The van der Waals surface area contributed by atoms with Gasteiger partial charge in [-0.05, 0) is 31.2 Å². The zero-order valence-electron chi connectivity index (χ0n) is 9.92. The van der Waals surface area contributed by atoms with Crippen molar-refractivity contribution >= 4 is 23.3 Å². The minimum Gasteiger partial charge on any atom is -0.481 e. The Bertz CT molecular complexity index is 506. The predicted molar refractivity (Wildman–Crippen MR) is 64.5 cm³/mol. The summed E-state index contributed by atoms with van der Waals surface area (Å²) in [5, 5.41) is 8.89. The summed E-state index contributed by atoms with van der Waals surface area (Å²) in [6.07, 6.45) is 0.0315. The second-order valence-corrected chi connectivity index (χ2v) is 4.35. The third kappa shape index (κ3) is 2.25. The number of carboxylic acid groups (broad SMARTS) is 1. The highest BCUT2D eigenvalue weighted by Crippen LogP contribution is 2.25. The number of aliphatic carboxylic acids is 1. The molecule has 5 heteroatoms. The van der Waals surface area contributed by atoms with Gasteiger partial charge < -0.3 is 10.0 Å². The van der Waals surface area contributed by atoms with E-state index in [1.54, 1.807) is 24.3 Å². The molecule has 1 aliphatic heterocycles. The van der Waals surface area contributed by atoms with Gasteiger partial charge in [-0.2, -0.15) is 0 Å². The Morgan fingerprint density at radius 3 is 2.33 bits per heavy atom. The van der Waals surface area contributed by atoms with Crippen LogP contribution in [0, 0.1) is 5.92 Å².